The first-order chi connectivity index (χ1) is 10.7. The average Bonchev–Trinajstić information content (AvgIpc) is 2.95. The number of imidazole rings is 1. The third-order valence-corrected chi connectivity index (χ3v) is 4.07. The Bertz CT molecular complexity index is 797. The highest BCUT2D eigenvalue weighted by atomic mass is 16.8. The van der Waals surface area contributed by atoms with Crippen LogP contribution in [0.3, 0.4) is 0 Å². The summed E-state index contributed by atoms with van der Waals surface area (Å²) in [6, 6.07) is 15.3. The molecule has 0 saturated carbocycles. The molecular formula is C17H15N3O2. The van der Waals surface area contributed by atoms with Crippen LogP contribution in [0.1, 0.15) is 17.0 Å². The third-order valence-electron chi connectivity index (χ3n) is 4.07. The van der Waals surface area contributed by atoms with Crippen molar-refractivity contribution in [3.63, 3.8) is 0 Å². The maximum atomic E-state index is 11.1. The summed E-state index contributed by atoms with van der Waals surface area (Å²) in [5, 5.41) is 19.3. The van der Waals surface area contributed by atoms with E-state index in [1.165, 1.54) is 11.1 Å². The van der Waals surface area contributed by atoms with E-state index in [0.717, 1.165) is 30.0 Å². The molecule has 5 nitrogen and oxygen atoms in total. The predicted octanol–water partition coefficient (Wildman–Crippen LogP) is 1.91. The van der Waals surface area contributed by atoms with Gasteiger partial charge in [-0.2, -0.15) is 5.23 Å². The van der Waals surface area contributed by atoms with E-state index in [4.69, 9.17) is 10.2 Å². The summed E-state index contributed by atoms with van der Waals surface area (Å²) in [6.45, 7) is 0.817. The van der Waals surface area contributed by atoms with Crippen LogP contribution in [-0.4, -0.2) is 14.8 Å². The number of aromatic nitrogens is 2. The van der Waals surface area contributed by atoms with E-state index in [1.807, 2.05) is 12.3 Å². The quantitative estimate of drug-likeness (QED) is 0.555. The topological polar surface area (TPSA) is 65.6 Å². The molecule has 2 aromatic carbocycles. The Morgan fingerprint density at radius 2 is 1.91 bits per heavy atom. The lowest BCUT2D eigenvalue weighted by Gasteiger charge is -2.17. The zero-order valence-electron chi connectivity index (χ0n) is 11.9. The highest BCUT2D eigenvalue weighted by Crippen LogP contribution is 2.26. The maximum Gasteiger partial charge on any atom is 0.164 e. The molecular weight excluding hydrogens is 278 g/mol. The molecule has 0 bridgehead atoms. The van der Waals surface area contributed by atoms with Gasteiger partial charge in [-0.15, -0.1) is 0 Å². The number of hydrogen-bond donors (Lipinski definition) is 2. The largest absolute Gasteiger partial charge is 0.595 e. The molecule has 2 heterocycles. The molecule has 0 spiro atoms. The third kappa shape index (κ3) is 2.21. The summed E-state index contributed by atoms with van der Waals surface area (Å²) in [5.41, 5.74) is 4.58. The van der Waals surface area contributed by atoms with Crippen molar-refractivity contribution in [2.45, 2.75) is 13.0 Å². The monoisotopic (exact) mass is 293 g/mol. The van der Waals surface area contributed by atoms with Crippen LogP contribution >= 0.6 is 0 Å². The Kier molecular flexibility index (Phi) is 3.04. The van der Waals surface area contributed by atoms with Crippen LogP contribution in [0, 0.1) is 5.21 Å². The zero-order chi connectivity index (χ0) is 15.1. The molecule has 1 aliphatic heterocycles. The van der Waals surface area contributed by atoms with Crippen molar-refractivity contribution in [2.24, 2.45) is 0 Å². The highest BCUT2D eigenvalue weighted by Gasteiger charge is 2.18. The van der Waals surface area contributed by atoms with E-state index in [1.54, 1.807) is 18.2 Å². The van der Waals surface area contributed by atoms with Gasteiger partial charge in [0.25, 0.3) is 0 Å². The summed E-state index contributed by atoms with van der Waals surface area (Å²) in [6.07, 6.45) is 2.82. The Balaban J connectivity index is 1.72. The first-order valence-electron chi connectivity index (χ1n) is 7.17. The van der Waals surface area contributed by atoms with Crippen LogP contribution in [-0.2, 0) is 13.0 Å². The summed E-state index contributed by atoms with van der Waals surface area (Å²) in [5.74, 6) is 1.02. The normalized spacial score (nSPS) is 14.3. The first kappa shape index (κ1) is 13.2. The van der Waals surface area contributed by atoms with E-state index in [9.17, 15) is 5.21 Å². The van der Waals surface area contributed by atoms with Crippen LogP contribution in [0.5, 0.6) is 0 Å². The van der Waals surface area contributed by atoms with Gasteiger partial charge in [-0.05, 0) is 11.1 Å². The minimum atomic E-state index is -0.918. The van der Waals surface area contributed by atoms with E-state index < -0.39 is 5.23 Å². The van der Waals surface area contributed by atoms with Crippen LogP contribution in [0.25, 0.3) is 11.3 Å². The molecule has 110 valence electrons. The Morgan fingerprint density at radius 1 is 1.09 bits per heavy atom. The van der Waals surface area contributed by atoms with Crippen LogP contribution in [0.4, 0.5) is 5.69 Å². The number of benzene rings is 2. The van der Waals surface area contributed by atoms with E-state index in [2.05, 4.69) is 28.8 Å². The summed E-state index contributed by atoms with van der Waals surface area (Å²) < 4.78 is 2.14. The van der Waals surface area contributed by atoms with E-state index >= 15 is 0 Å². The van der Waals surface area contributed by atoms with E-state index in [-0.39, 0.29) is 5.69 Å². The van der Waals surface area contributed by atoms with E-state index in [0.29, 0.717) is 0 Å². The molecule has 0 radical (unpaired) electrons. The molecule has 1 atom stereocenters. The lowest BCUT2D eigenvalue weighted by Crippen LogP contribution is -2.99. The van der Waals surface area contributed by atoms with Crippen LogP contribution in [0.2, 0.25) is 0 Å². The van der Waals surface area contributed by atoms with Crippen molar-refractivity contribution in [3.8, 4) is 11.3 Å². The minimum Gasteiger partial charge on any atom is -0.595 e. The van der Waals surface area contributed by atoms with Crippen molar-refractivity contribution in [1.82, 2.24) is 9.55 Å². The van der Waals surface area contributed by atoms with Gasteiger partial charge in [0.05, 0.1) is 5.69 Å². The lowest BCUT2D eigenvalue weighted by molar-refractivity contribution is -0.991. The second-order valence-electron chi connectivity index (χ2n) is 5.50. The van der Waals surface area contributed by atoms with Gasteiger partial charge in [0.2, 0.25) is 0 Å². The van der Waals surface area contributed by atoms with Crippen molar-refractivity contribution >= 4 is 5.69 Å². The highest BCUT2D eigenvalue weighted by molar-refractivity contribution is 5.62. The van der Waals surface area contributed by atoms with Gasteiger partial charge in [0, 0.05) is 36.9 Å². The van der Waals surface area contributed by atoms with Gasteiger partial charge in [-0.3, -0.25) is 0 Å². The number of hydrogen-bond acceptors (Lipinski definition) is 3. The number of quaternary nitrogens is 1. The maximum absolute atomic E-state index is 11.1. The van der Waals surface area contributed by atoms with Crippen molar-refractivity contribution in [1.29, 1.82) is 0 Å². The number of fused-ring (bicyclic) bond motifs is 2. The fourth-order valence-electron chi connectivity index (χ4n) is 2.92. The molecule has 0 fully saturated rings. The standard InChI is InChI=1S/C17H15N3O2/c21-20(22)15-7-3-6-13(8-15)16-11-19-10-14-5-2-1-4-12(14)9-17(19)18-16/h1-8,11,20-21H,9-10H2. The van der Waals surface area contributed by atoms with Gasteiger partial charge in [-0.1, -0.05) is 36.4 Å². The van der Waals surface area contributed by atoms with Crippen molar-refractivity contribution < 1.29 is 10.4 Å². The SMILES string of the molecule is [O-][NH+](O)c1cccc(-c2cn3c(n2)Cc2ccccc2C3)c1. The Morgan fingerprint density at radius 3 is 2.73 bits per heavy atom. The molecule has 2 N–H and O–H groups in total. The van der Waals surface area contributed by atoms with Crippen molar-refractivity contribution in [2.75, 3.05) is 0 Å². The smallest absolute Gasteiger partial charge is 0.164 e. The fraction of sp³-hybridized carbons (Fsp3) is 0.118. The summed E-state index contributed by atoms with van der Waals surface area (Å²) >= 11 is 0. The van der Waals surface area contributed by atoms with Gasteiger partial charge < -0.3 is 9.77 Å². The molecule has 1 unspecified atom stereocenters. The van der Waals surface area contributed by atoms with Crippen LogP contribution in [0.15, 0.2) is 54.7 Å². The first-order valence-corrected chi connectivity index (χ1v) is 7.17. The Hall–Kier alpha value is -2.47. The predicted molar refractivity (Wildman–Crippen MR) is 81.8 cm³/mol. The fourth-order valence-corrected chi connectivity index (χ4v) is 2.92. The molecule has 1 aromatic heterocycles. The number of nitrogens with zero attached hydrogens (tertiary/aromatic N) is 2. The van der Waals surface area contributed by atoms with Gasteiger partial charge in [-0.25, -0.2) is 10.2 Å². The molecule has 4 rings (SSSR count). The van der Waals surface area contributed by atoms with Crippen LogP contribution < -0.4 is 5.23 Å². The van der Waals surface area contributed by atoms with Gasteiger partial charge in [0.15, 0.2) is 5.69 Å². The second kappa shape index (κ2) is 5.06. The molecule has 22 heavy (non-hydrogen) atoms. The average molecular weight is 293 g/mol. The number of rotatable bonds is 2. The zero-order valence-corrected chi connectivity index (χ0v) is 11.9. The summed E-state index contributed by atoms with van der Waals surface area (Å²) in [7, 11) is 0. The van der Waals surface area contributed by atoms with Gasteiger partial charge in [0.1, 0.15) is 5.82 Å². The van der Waals surface area contributed by atoms with Crippen molar-refractivity contribution in [3.05, 3.63) is 76.9 Å². The second-order valence-corrected chi connectivity index (χ2v) is 5.50. The molecule has 1 aliphatic rings. The molecule has 0 saturated heterocycles. The molecule has 3 aromatic rings. The lowest BCUT2D eigenvalue weighted by atomic mass is 10.0. The molecule has 0 aliphatic carbocycles. The molecule has 0 amide bonds. The van der Waals surface area contributed by atoms with Gasteiger partial charge >= 0.3 is 0 Å². The minimum absolute atomic E-state index is 0.284. The summed E-state index contributed by atoms with van der Waals surface area (Å²) in [4.78, 5) is 4.69. The molecule has 5 heteroatoms. The number of nitrogens with one attached hydrogen (secondary N) is 1. The Labute approximate surface area is 127 Å².